The molecule has 1 nitrogen and oxygen atoms in total. The number of hydrogen-bond donors (Lipinski definition) is 0. The number of carbonyl (C=O) groups is 1. The molecule has 0 aliphatic heterocycles. The minimum absolute atomic E-state index is 0.385. The molecule has 0 heterocycles. The fraction of sp³-hybridized carbons (Fsp3) is 0.889. The van der Waals surface area contributed by atoms with Crippen molar-refractivity contribution in [1.29, 1.82) is 0 Å². The summed E-state index contributed by atoms with van der Waals surface area (Å²) in [5.74, 6) is 6.16. The van der Waals surface area contributed by atoms with Gasteiger partial charge in [-0.25, -0.2) is 0 Å². The van der Waals surface area contributed by atoms with E-state index < -0.39 is 0 Å². The molecule has 4 aliphatic rings. The molecular formula is C27H44O. The van der Waals surface area contributed by atoms with Gasteiger partial charge in [-0.1, -0.05) is 66.0 Å². The molecule has 0 N–H and O–H groups in total. The van der Waals surface area contributed by atoms with E-state index in [1.807, 2.05) is 0 Å². The van der Waals surface area contributed by atoms with Crippen LogP contribution in [-0.2, 0) is 4.79 Å². The van der Waals surface area contributed by atoms with Gasteiger partial charge in [0.1, 0.15) is 5.78 Å². The average Bonchev–Trinajstić information content (AvgIpc) is 2.99. The molecule has 4 aliphatic carbocycles. The minimum atomic E-state index is 0.385. The maximum atomic E-state index is 12.1. The fourth-order valence-corrected chi connectivity index (χ4v) is 8.44. The highest BCUT2D eigenvalue weighted by atomic mass is 16.1. The van der Waals surface area contributed by atoms with Crippen molar-refractivity contribution in [1.82, 2.24) is 0 Å². The smallest absolute Gasteiger partial charge is 0.133 e. The third kappa shape index (κ3) is 3.33. The van der Waals surface area contributed by atoms with E-state index in [1.165, 1.54) is 44.9 Å². The zero-order chi connectivity index (χ0) is 20.1. The van der Waals surface area contributed by atoms with Crippen LogP contribution in [0.5, 0.6) is 0 Å². The van der Waals surface area contributed by atoms with Gasteiger partial charge in [-0.3, -0.25) is 4.79 Å². The Morgan fingerprint density at radius 3 is 2.46 bits per heavy atom. The molecule has 0 aromatic carbocycles. The van der Waals surface area contributed by atoms with Crippen molar-refractivity contribution in [3.05, 3.63) is 12.2 Å². The molecule has 3 saturated carbocycles. The van der Waals surface area contributed by atoms with Crippen LogP contribution in [0.15, 0.2) is 12.2 Å². The van der Waals surface area contributed by atoms with Crippen LogP contribution in [0.1, 0.15) is 98.8 Å². The van der Waals surface area contributed by atoms with Gasteiger partial charge in [0, 0.05) is 12.8 Å². The summed E-state index contributed by atoms with van der Waals surface area (Å²) < 4.78 is 0. The van der Waals surface area contributed by atoms with Crippen molar-refractivity contribution in [2.24, 2.45) is 52.3 Å². The van der Waals surface area contributed by atoms with Crippen molar-refractivity contribution in [3.8, 4) is 0 Å². The molecule has 4 rings (SSSR count). The summed E-state index contributed by atoms with van der Waals surface area (Å²) in [7, 11) is 0. The highest BCUT2D eigenvalue weighted by Gasteiger charge is 2.59. The largest absolute Gasteiger partial charge is 0.300 e. The van der Waals surface area contributed by atoms with Gasteiger partial charge in [-0.05, 0) is 84.4 Å². The zero-order valence-electron chi connectivity index (χ0n) is 19.2. The monoisotopic (exact) mass is 384 g/mol. The standard InChI is InChI=1S/C27H44O/c1-18(2)7-6-8-19(3)23-11-12-24-22-10-9-20-17-21(28)13-15-26(20,4)25(22)14-16-27(23,24)5/h9-10,18-20,22-25H,6-8,11-17H2,1-5H3/t19-,20+,22+,23+,24-,25+,26+,27-/m1/s1. The number of rotatable bonds is 5. The first-order valence-electron chi connectivity index (χ1n) is 12.5. The Morgan fingerprint density at radius 1 is 0.964 bits per heavy atom. The summed E-state index contributed by atoms with van der Waals surface area (Å²) in [4.78, 5) is 12.1. The van der Waals surface area contributed by atoms with Gasteiger partial charge in [0.25, 0.3) is 0 Å². The lowest BCUT2D eigenvalue weighted by Crippen LogP contribution is -2.52. The van der Waals surface area contributed by atoms with E-state index in [1.54, 1.807) is 0 Å². The molecule has 1 heteroatoms. The second-order valence-corrected chi connectivity index (χ2v) is 12.1. The molecule has 0 amide bonds. The van der Waals surface area contributed by atoms with Gasteiger partial charge in [0.2, 0.25) is 0 Å². The Kier molecular flexibility index (Phi) is 5.60. The zero-order valence-corrected chi connectivity index (χ0v) is 19.2. The number of hydrogen-bond acceptors (Lipinski definition) is 1. The number of allylic oxidation sites excluding steroid dienone is 2. The van der Waals surface area contributed by atoms with Crippen LogP contribution < -0.4 is 0 Å². The molecule has 0 bridgehead atoms. The highest BCUT2D eigenvalue weighted by molar-refractivity contribution is 5.80. The van der Waals surface area contributed by atoms with Crippen LogP contribution in [-0.4, -0.2) is 5.78 Å². The second kappa shape index (κ2) is 7.59. The maximum Gasteiger partial charge on any atom is 0.133 e. The molecule has 8 atom stereocenters. The molecule has 158 valence electrons. The van der Waals surface area contributed by atoms with E-state index in [-0.39, 0.29) is 0 Å². The first-order chi connectivity index (χ1) is 13.3. The fourth-order valence-electron chi connectivity index (χ4n) is 8.44. The molecule has 0 unspecified atom stereocenters. The Balaban J connectivity index is 1.50. The predicted octanol–water partition coefficient (Wildman–Crippen LogP) is 7.45. The lowest BCUT2D eigenvalue weighted by molar-refractivity contribution is -0.128. The van der Waals surface area contributed by atoms with E-state index >= 15 is 0 Å². The summed E-state index contributed by atoms with van der Waals surface area (Å²) in [6.45, 7) is 12.5. The van der Waals surface area contributed by atoms with Gasteiger partial charge >= 0.3 is 0 Å². The van der Waals surface area contributed by atoms with Crippen molar-refractivity contribution >= 4 is 5.78 Å². The molecular weight excluding hydrogens is 340 g/mol. The van der Waals surface area contributed by atoms with Crippen LogP contribution in [0, 0.1) is 52.3 Å². The van der Waals surface area contributed by atoms with Gasteiger partial charge in [-0.2, -0.15) is 0 Å². The highest BCUT2D eigenvalue weighted by Crippen LogP contribution is 2.66. The quantitative estimate of drug-likeness (QED) is 0.450. The molecule has 3 fully saturated rings. The first-order valence-corrected chi connectivity index (χ1v) is 12.5. The summed E-state index contributed by atoms with van der Waals surface area (Å²) in [5.41, 5.74) is 0.937. The topological polar surface area (TPSA) is 17.1 Å². The average molecular weight is 385 g/mol. The predicted molar refractivity (Wildman–Crippen MR) is 118 cm³/mol. The van der Waals surface area contributed by atoms with Crippen LogP contribution in [0.4, 0.5) is 0 Å². The van der Waals surface area contributed by atoms with Gasteiger partial charge in [0.05, 0.1) is 0 Å². The Bertz CT molecular complexity index is 618. The summed E-state index contributed by atoms with van der Waals surface area (Å²) in [6, 6.07) is 0. The molecule has 0 aromatic rings. The number of carbonyl (C=O) groups excluding carboxylic acids is 1. The third-order valence-corrected chi connectivity index (χ3v) is 10.2. The van der Waals surface area contributed by atoms with Crippen molar-refractivity contribution < 1.29 is 4.79 Å². The number of fused-ring (bicyclic) bond motifs is 5. The Morgan fingerprint density at radius 2 is 1.71 bits per heavy atom. The van der Waals surface area contributed by atoms with Crippen molar-refractivity contribution in [2.75, 3.05) is 0 Å². The molecule has 0 radical (unpaired) electrons. The van der Waals surface area contributed by atoms with Crippen molar-refractivity contribution in [3.63, 3.8) is 0 Å². The number of Topliss-reactive ketones (excluding diaryl/α,β-unsaturated/α-hetero) is 1. The molecule has 0 spiro atoms. The summed E-state index contributed by atoms with van der Waals surface area (Å²) in [5, 5.41) is 0. The molecule has 28 heavy (non-hydrogen) atoms. The van der Waals surface area contributed by atoms with E-state index in [9.17, 15) is 4.79 Å². The molecule has 0 aromatic heterocycles. The van der Waals surface area contributed by atoms with E-state index in [0.717, 1.165) is 54.8 Å². The van der Waals surface area contributed by atoms with Gasteiger partial charge < -0.3 is 0 Å². The lowest BCUT2D eigenvalue weighted by atomic mass is 9.46. The minimum Gasteiger partial charge on any atom is -0.300 e. The summed E-state index contributed by atoms with van der Waals surface area (Å²) in [6.07, 6.45) is 17.8. The maximum absolute atomic E-state index is 12.1. The van der Waals surface area contributed by atoms with Crippen LogP contribution >= 0.6 is 0 Å². The van der Waals surface area contributed by atoms with Crippen LogP contribution in [0.3, 0.4) is 0 Å². The van der Waals surface area contributed by atoms with E-state index in [4.69, 9.17) is 0 Å². The van der Waals surface area contributed by atoms with Crippen LogP contribution in [0.25, 0.3) is 0 Å². The third-order valence-electron chi connectivity index (χ3n) is 10.2. The Labute approximate surface area is 174 Å². The second-order valence-electron chi connectivity index (χ2n) is 12.1. The van der Waals surface area contributed by atoms with E-state index in [2.05, 4.69) is 46.8 Å². The van der Waals surface area contributed by atoms with Crippen molar-refractivity contribution in [2.45, 2.75) is 98.8 Å². The molecule has 0 saturated heterocycles. The van der Waals surface area contributed by atoms with Crippen LogP contribution in [0.2, 0.25) is 0 Å². The first kappa shape index (κ1) is 20.7. The van der Waals surface area contributed by atoms with Gasteiger partial charge in [-0.15, -0.1) is 0 Å². The SMILES string of the molecule is CC(C)CCC[C@@H](C)[C@@H]1CC[C@@H]2[C@@H]3C=C[C@H]4CC(=O)CC[C@]4(C)[C@H]3CC[C@@]21C. The Hall–Kier alpha value is -0.590. The normalized spacial score (nSPS) is 46.2. The lowest BCUT2D eigenvalue weighted by Gasteiger charge is -2.58. The summed E-state index contributed by atoms with van der Waals surface area (Å²) >= 11 is 0. The van der Waals surface area contributed by atoms with Gasteiger partial charge in [0.15, 0.2) is 0 Å². The van der Waals surface area contributed by atoms with E-state index in [0.29, 0.717) is 22.5 Å². The number of ketones is 1.